The number of amides is 4. The second kappa shape index (κ2) is 16.3. The predicted molar refractivity (Wildman–Crippen MR) is 222 cm³/mol. The number of methoxy groups -OCH3 is 1. The molecule has 18 heteroatoms. The molecule has 4 heterocycles. The largest absolute Gasteiger partial charge is 0.497 e. The van der Waals surface area contributed by atoms with Gasteiger partial charge in [-0.05, 0) is 36.8 Å². The van der Waals surface area contributed by atoms with Crippen LogP contribution in [-0.4, -0.2) is 129 Å². The van der Waals surface area contributed by atoms with Gasteiger partial charge in [0.25, 0.3) is 5.91 Å². The Morgan fingerprint density at radius 2 is 1.85 bits per heavy atom. The lowest BCUT2D eigenvalue weighted by Gasteiger charge is -2.36. The van der Waals surface area contributed by atoms with E-state index in [2.05, 4.69) is 16.6 Å². The van der Waals surface area contributed by atoms with E-state index in [0.29, 0.717) is 72.9 Å². The van der Waals surface area contributed by atoms with Crippen molar-refractivity contribution in [1.29, 1.82) is 0 Å². The number of thiazole rings is 1. The molecule has 1 aromatic carbocycles. The molecular formula is C41H53N7O9S2. The van der Waals surface area contributed by atoms with Crippen LogP contribution in [0.25, 0.3) is 22.3 Å². The first-order valence-electron chi connectivity index (χ1n) is 19.9. The van der Waals surface area contributed by atoms with E-state index < -0.39 is 67.9 Å². The molecule has 4 amide bonds. The average Bonchev–Trinajstić information content (AvgIpc) is 4.08. The molecule has 2 aromatic heterocycles. The molecule has 5 atom stereocenters. The molecule has 0 bridgehead atoms. The zero-order valence-electron chi connectivity index (χ0n) is 34.4. The van der Waals surface area contributed by atoms with E-state index in [9.17, 15) is 27.6 Å². The Kier molecular flexibility index (Phi) is 11.7. The van der Waals surface area contributed by atoms with Crippen molar-refractivity contribution >= 4 is 61.0 Å². The lowest BCUT2D eigenvalue weighted by atomic mass is 9.77. The van der Waals surface area contributed by atoms with Gasteiger partial charge in [0, 0.05) is 68.8 Å². The summed E-state index contributed by atoms with van der Waals surface area (Å²) >= 11 is 1.47. The van der Waals surface area contributed by atoms with E-state index >= 15 is 0 Å². The van der Waals surface area contributed by atoms with Crippen LogP contribution in [0.4, 0.5) is 5.13 Å². The lowest BCUT2D eigenvalue weighted by Crippen LogP contribution is -2.57. The van der Waals surface area contributed by atoms with E-state index in [1.807, 2.05) is 51.2 Å². The fourth-order valence-electron chi connectivity index (χ4n) is 7.77. The molecule has 2 aliphatic carbocycles. The highest BCUT2D eigenvalue weighted by atomic mass is 32.2. The number of ether oxygens (including phenoxy) is 3. The maximum absolute atomic E-state index is 14.9. The smallest absolute Gasteiger partial charge is 0.259 e. The number of benzene rings is 1. The first-order chi connectivity index (χ1) is 27.9. The molecule has 0 radical (unpaired) electrons. The number of carbonyl (C=O) groups is 4. The number of carbonyl (C=O) groups excluding carboxylic acids is 4. The van der Waals surface area contributed by atoms with Gasteiger partial charge in [-0.3, -0.25) is 23.9 Å². The maximum Gasteiger partial charge on any atom is 0.259 e. The van der Waals surface area contributed by atoms with Crippen molar-refractivity contribution in [3.05, 3.63) is 42.3 Å². The summed E-state index contributed by atoms with van der Waals surface area (Å²) in [5.41, 5.74) is -0.462. The highest BCUT2D eigenvalue weighted by Gasteiger charge is 2.62. The molecule has 2 saturated carbocycles. The number of pyridine rings is 1. The van der Waals surface area contributed by atoms with Crippen molar-refractivity contribution in [3.8, 4) is 22.9 Å². The Morgan fingerprint density at radius 1 is 1.12 bits per heavy atom. The van der Waals surface area contributed by atoms with Crippen LogP contribution in [0.5, 0.6) is 11.5 Å². The molecule has 2 N–H and O–H groups in total. The number of hydrogen-bond acceptors (Lipinski definition) is 13. The normalized spacial score (nSPS) is 23.7. The van der Waals surface area contributed by atoms with Crippen LogP contribution in [0.1, 0.15) is 52.9 Å². The van der Waals surface area contributed by atoms with Gasteiger partial charge in [-0.2, -0.15) is 0 Å². The third-order valence-corrected chi connectivity index (χ3v) is 14.4. The highest BCUT2D eigenvalue weighted by Crippen LogP contribution is 2.46. The van der Waals surface area contributed by atoms with E-state index in [0.717, 1.165) is 5.13 Å². The van der Waals surface area contributed by atoms with E-state index in [1.165, 1.54) is 22.3 Å². The van der Waals surface area contributed by atoms with E-state index in [4.69, 9.17) is 24.2 Å². The Hall–Kier alpha value is -4.81. The molecule has 4 aliphatic rings. The minimum absolute atomic E-state index is 0.00777. The molecular weight excluding hydrogens is 799 g/mol. The molecule has 3 aromatic rings. The van der Waals surface area contributed by atoms with E-state index in [-0.39, 0.29) is 31.7 Å². The number of sulfonamides is 1. The van der Waals surface area contributed by atoms with Crippen LogP contribution >= 0.6 is 11.3 Å². The average molecular weight is 852 g/mol. The van der Waals surface area contributed by atoms with Crippen LogP contribution in [0.15, 0.2) is 42.3 Å². The summed E-state index contributed by atoms with van der Waals surface area (Å²) in [5.74, 6) is -2.34. The summed E-state index contributed by atoms with van der Waals surface area (Å²) in [5, 5.41) is 5.58. The Balaban J connectivity index is 1.22. The van der Waals surface area contributed by atoms with Gasteiger partial charge in [-0.15, -0.1) is 17.9 Å². The van der Waals surface area contributed by atoms with Gasteiger partial charge in [0.2, 0.25) is 27.7 Å². The van der Waals surface area contributed by atoms with Gasteiger partial charge >= 0.3 is 0 Å². The van der Waals surface area contributed by atoms with Crippen molar-refractivity contribution in [2.24, 2.45) is 17.3 Å². The number of rotatable bonds is 14. The fraction of sp³-hybridized carbons (Fsp3) is 0.561. The van der Waals surface area contributed by atoms with Crippen LogP contribution in [0.2, 0.25) is 0 Å². The number of nitrogens with one attached hydrogen (secondary N) is 2. The van der Waals surface area contributed by atoms with Gasteiger partial charge in [0.1, 0.15) is 34.9 Å². The molecule has 59 heavy (non-hydrogen) atoms. The van der Waals surface area contributed by atoms with Crippen LogP contribution in [0, 0.1) is 17.3 Å². The monoisotopic (exact) mass is 851 g/mol. The number of aromatic nitrogens is 2. The molecule has 318 valence electrons. The molecule has 0 unspecified atom stereocenters. The number of hydrogen-bond donors (Lipinski definition) is 2. The standard InChI is InChI=1S/C41H53N7O9S2/c1-8-24-21-41(24,38(52)45-59(53,54)27-10-11-27)44-36(50)33-18-26(22-48(33)37(51)29(40(2,3)4)19-35(49)47-13-15-56-16-14-47)57-34-20-31(32-23-58-39(43-32)46(5)6)42-30-17-25(55-7)9-12-28(30)34/h8-9,12,17,20,23-24,26-27,29,33H,1,10-11,13-16,18-19,21-22H2,2-7H3,(H,44,50)(H,45,52)/t24-,26-,29-,33+,41-/m1/s1. The minimum Gasteiger partial charge on any atom is -0.497 e. The number of fused-ring (bicyclic) bond motifs is 1. The number of nitrogens with zero attached hydrogens (tertiary/aromatic N) is 5. The first kappa shape index (κ1) is 42.3. The molecule has 4 fully saturated rings. The Morgan fingerprint density at radius 3 is 2.46 bits per heavy atom. The number of anilines is 1. The van der Waals surface area contributed by atoms with Gasteiger partial charge < -0.3 is 34.2 Å². The Labute approximate surface area is 348 Å². The summed E-state index contributed by atoms with van der Waals surface area (Å²) in [6, 6.07) is 6.09. The second-order valence-corrected chi connectivity index (χ2v) is 19.9. The molecule has 0 spiro atoms. The van der Waals surface area contributed by atoms with E-state index in [1.54, 1.807) is 30.2 Å². The second-order valence-electron chi connectivity index (χ2n) is 17.1. The van der Waals surface area contributed by atoms with Crippen molar-refractivity contribution < 1.29 is 41.8 Å². The van der Waals surface area contributed by atoms with Gasteiger partial charge in [-0.25, -0.2) is 18.4 Å². The Bertz CT molecular complexity index is 2250. The van der Waals surface area contributed by atoms with Crippen molar-refractivity contribution in [1.82, 2.24) is 29.8 Å². The summed E-state index contributed by atoms with van der Waals surface area (Å²) in [4.78, 5) is 71.4. The SMILES string of the molecule is C=C[C@@H]1C[C@]1(NC(=O)[C@@H]1C[C@@H](Oc2cc(-c3csc(N(C)C)n3)nc3cc(OC)ccc23)CN1C(=O)[C@@H](CC(=O)N1CCOCC1)C(C)(C)C)C(=O)NS(=O)(=O)C1CC1. The molecule has 16 nitrogen and oxygen atoms in total. The first-order valence-corrected chi connectivity index (χ1v) is 22.3. The minimum atomic E-state index is -3.91. The number of likely N-dealkylation sites (tertiary alicyclic amines) is 1. The van der Waals surface area contributed by atoms with Crippen LogP contribution in [0.3, 0.4) is 0 Å². The molecule has 7 rings (SSSR count). The highest BCUT2D eigenvalue weighted by molar-refractivity contribution is 7.91. The quantitative estimate of drug-likeness (QED) is 0.226. The lowest BCUT2D eigenvalue weighted by molar-refractivity contribution is -0.149. The zero-order chi connectivity index (χ0) is 42.4. The summed E-state index contributed by atoms with van der Waals surface area (Å²) < 4.78 is 45.5. The van der Waals surface area contributed by atoms with Gasteiger partial charge in [-0.1, -0.05) is 26.8 Å². The van der Waals surface area contributed by atoms with Gasteiger partial charge in [0.15, 0.2) is 5.13 Å². The fourth-order valence-corrected chi connectivity index (χ4v) is 9.89. The van der Waals surface area contributed by atoms with Crippen molar-refractivity contribution in [3.63, 3.8) is 0 Å². The van der Waals surface area contributed by atoms with Gasteiger partial charge in [0.05, 0.1) is 49.2 Å². The maximum atomic E-state index is 14.9. The van der Waals surface area contributed by atoms with Crippen molar-refractivity contribution in [2.75, 3.05) is 59.0 Å². The van der Waals surface area contributed by atoms with Crippen LogP contribution < -0.4 is 24.4 Å². The summed E-state index contributed by atoms with van der Waals surface area (Å²) in [6.07, 6.45) is 1.83. The zero-order valence-corrected chi connectivity index (χ0v) is 36.0. The molecule has 2 aliphatic heterocycles. The third-order valence-electron chi connectivity index (χ3n) is 11.6. The van der Waals surface area contributed by atoms with Crippen molar-refractivity contribution in [2.45, 2.75) is 75.8 Å². The summed E-state index contributed by atoms with van der Waals surface area (Å²) in [7, 11) is 1.47. The summed E-state index contributed by atoms with van der Waals surface area (Å²) in [6.45, 7) is 11.1. The predicted octanol–water partition coefficient (Wildman–Crippen LogP) is 3.36. The topological polar surface area (TPSA) is 190 Å². The number of morpholine rings is 1. The third kappa shape index (κ3) is 8.89. The van der Waals surface area contributed by atoms with Crippen LogP contribution in [-0.2, 0) is 33.9 Å². The molecule has 2 saturated heterocycles.